The topological polar surface area (TPSA) is 29.3 Å². The molecule has 0 radical (unpaired) electrons. The van der Waals surface area contributed by atoms with Crippen LogP contribution in [0.15, 0.2) is 18.2 Å². The Hall–Kier alpha value is -1.16. The number of halogens is 1. The van der Waals surface area contributed by atoms with Gasteiger partial charge in [-0.05, 0) is 37.0 Å². The molecule has 1 aromatic carbocycles. The average molecular weight is 266 g/mol. The number of rotatable bonds is 5. The maximum atomic E-state index is 14.1. The molecule has 2 nitrogen and oxygen atoms in total. The Morgan fingerprint density at radius 3 is 2.61 bits per heavy atom. The molecule has 0 atom stereocenters. The van der Waals surface area contributed by atoms with Crippen LogP contribution in [0.3, 0.4) is 0 Å². The van der Waals surface area contributed by atoms with E-state index in [-0.39, 0.29) is 10.8 Å². The largest absolute Gasteiger partial charge is 0.389 e. The molecule has 2 N–H and O–H groups in total. The van der Waals surface area contributed by atoms with Crippen molar-refractivity contribution >= 4 is 22.9 Å². The van der Waals surface area contributed by atoms with E-state index >= 15 is 0 Å². The van der Waals surface area contributed by atoms with Crippen LogP contribution >= 0.6 is 12.2 Å². The van der Waals surface area contributed by atoms with Crippen LogP contribution in [0.2, 0.25) is 0 Å². The van der Waals surface area contributed by atoms with Gasteiger partial charge in [-0.1, -0.05) is 26.1 Å². The molecule has 0 saturated heterocycles. The zero-order chi connectivity index (χ0) is 13.3. The summed E-state index contributed by atoms with van der Waals surface area (Å²) in [7, 11) is 0. The molecule has 0 heterocycles. The fourth-order valence-electron chi connectivity index (χ4n) is 2.12. The fourth-order valence-corrected chi connectivity index (χ4v) is 2.24. The van der Waals surface area contributed by atoms with Gasteiger partial charge in [0.05, 0.1) is 5.69 Å². The van der Waals surface area contributed by atoms with Crippen molar-refractivity contribution in [1.29, 1.82) is 0 Å². The second-order valence-corrected chi connectivity index (χ2v) is 5.75. The fraction of sp³-hybridized carbons (Fsp3) is 0.500. The van der Waals surface area contributed by atoms with Gasteiger partial charge in [-0.15, -0.1) is 0 Å². The zero-order valence-electron chi connectivity index (χ0n) is 10.8. The van der Waals surface area contributed by atoms with Crippen LogP contribution in [0, 0.1) is 11.7 Å². The molecule has 0 amide bonds. The highest BCUT2D eigenvalue weighted by Gasteiger charge is 2.31. The highest BCUT2D eigenvalue weighted by molar-refractivity contribution is 7.80. The lowest BCUT2D eigenvalue weighted by atomic mass is 10.1. The minimum absolute atomic E-state index is 0.229. The van der Waals surface area contributed by atoms with E-state index in [0.717, 1.165) is 19.4 Å². The molecule has 0 unspecified atom stereocenters. The van der Waals surface area contributed by atoms with Gasteiger partial charge in [0, 0.05) is 18.2 Å². The Balaban J connectivity index is 2.27. The molecule has 0 aliphatic heterocycles. The molecule has 0 spiro atoms. The average Bonchev–Trinajstić information content (AvgIpc) is 3.09. The number of thiocarbonyl (C=S) groups is 1. The highest BCUT2D eigenvalue weighted by Crippen LogP contribution is 2.34. The number of anilines is 1. The molecule has 18 heavy (non-hydrogen) atoms. The van der Waals surface area contributed by atoms with E-state index in [1.807, 2.05) is 0 Å². The van der Waals surface area contributed by atoms with E-state index in [1.54, 1.807) is 12.1 Å². The molecule has 1 aromatic rings. The van der Waals surface area contributed by atoms with Gasteiger partial charge < -0.3 is 10.6 Å². The molecular weight excluding hydrogens is 247 g/mol. The summed E-state index contributed by atoms with van der Waals surface area (Å²) in [4.78, 5) is 2.41. The third-order valence-corrected chi connectivity index (χ3v) is 3.33. The molecule has 98 valence electrons. The zero-order valence-corrected chi connectivity index (χ0v) is 11.6. The summed E-state index contributed by atoms with van der Waals surface area (Å²) in [6, 6.07) is 5.53. The van der Waals surface area contributed by atoms with Gasteiger partial charge in [-0.2, -0.15) is 0 Å². The van der Waals surface area contributed by atoms with Crippen LogP contribution in [-0.4, -0.2) is 17.6 Å². The van der Waals surface area contributed by atoms with Crippen molar-refractivity contribution in [1.82, 2.24) is 0 Å². The van der Waals surface area contributed by atoms with Crippen LogP contribution in [-0.2, 0) is 0 Å². The summed E-state index contributed by atoms with van der Waals surface area (Å²) in [5.41, 5.74) is 6.77. The first-order valence-electron chi connectivity index (χ1n) is 6.35. The van der Waals surface area contributed by atoms with E-state index < -0.39 is 0 Å². The van der Waals surface area contributed by atoms with E-state index in [4.69, 9.17) is 18.0 Å². The first kappa shape index (κ1) is 13.3. The monoisotopic (exact) mass is 266 g/mol. The van der Waals surface area contributed by atoms with Gasteiger partial charge >= 0.3 is 0 Å². The normalized spacial score (nSPS) is 14.9. The number of nitrogens with zero attached hydrogens (tertiary/aromatic N) is 1. The lowest BCUT2D eigenvalue weighted by molar-refractivity contribution is 0.578. The summed E-state index contributed by atoms with van der Waals surface area (Å²) in [6.45, 7) is 5.18. The summed E-state index contributed by atoms with van der Waals surface area (Å²) < 4.78 is 14.1. The predicted octanol–water partition coefficient (Wildman–Crippen LogP) is 3.08. The molecule has 1 fully saturated rings. The smallest absolute Gasteiger partial charge is 0.147 e. The van der Waals surface area contributed by atoms with Crippen molar-refractivity contribution in [3.8, 4) is 0 Å². The van der Waals surface area contributed by atoms with Gasteiger partial charge in [0.25, 0.3) is 0 Å². The Kier molecular flexibility index (Phi) is 3.85. The van der Waals surface area contributed by atoms with Crippen LogP contribution in [0.25, 0.3) is 0 Å². The molecule has 1 aliphatic carbocycles. The molecule has 2 rings (SSSR count). The van der Waals surface area contributed by atoms with E-state index in [0.29, 0.717) is 23.2 Å². The number of hydrogen-bond acceptors (Lipinski definition) is 2. The van der Waals surface area contributed by atoms with Crippen molar-refractivity contribution in [3.63, 3.8) is 0 Å². The first-order valence-corrected chi connectivity index (χ1v) is 6.76. The van der Waals surface area contributed by atoms with Crippen LogP contribution in [0.4, 0.5) is 10.1 Å². The van der Waals surface area contributed by atoms with Crippen molar-refractivity contribution in [2.75, 3.05) is 11.4 Å². The molecule has 1 aliphatic rings. The second kappa shape index (κ2) is 5.22. The van der Waals surface area contributed by atoms with Crippen molar-refractivity contribution in [2.24, 2.45) is 11.7 Å². The molecule has 4 heteroatoms. The Morgan fingerprint density at radius 1 is 1.50 bits per heavy atom. The van der Waals surface area contributed by atoms with E-state index in [1.165, 1.54) is 6.07 Å². The van der Waals surface area contributed by atoms with Gasteiger partial charge in [0.2, 0.25) is 0 Å². The van der Waals surface area contributed by atoms with Crippen LogP contribution < -0.4 is 10.6 Å². The van der Waals surface area contributed by atoms with E-state index in [9.17, 15) is 4.39 Å². The van der Waals surface area contributed by atoms with Crippen molar-refractivity contribution < 1.29 is 4.39 Å². The van der Waals surface area contributed by atoms with Gasteiger partial charge in [-0.3, -0.25) is 0 Å². The maximum Gasteiger partial charge on any atom is 0.147 e. The number of nitrogens with two attached hydrogens (primary N) is 1. The van der Waals surface area contributed by atoms with Gasteiger partial charge in [-0.25, -0.2) is 4.39 Å². The summed E-state index contributed by atoms with van der Waals surface area (Å²) in [5.74, 6) is 0.285. The summed E-state index contributed by atoms with van der Waals surface area (Å²) in [5, 5.41) is 0. The minimum atomic E-state index is -0.229. The van der Waals surface area contributed by atoms with Crippen LogP contribution in [0.1, 0.15) is 32.3 Å². The first-order chi connectivity index (χ1) is 8.49. The molecular formula is C14H19FN2S. The standard InChI is InChI=1S/C14H19FN2S/c1-9(2)8-17(11-4-5-11)13-6-3-10(14(16)18)7-12(13)15/h3,6-7,9,11H,4-5,8H2,1-2H3,(H2,16,18). The third-order valence-electron chi connectivity index (χ3n) is 3.09. The molecule has 1 saturated carbocycles. The van der Waals surface area contributed by atoms with Crippen LogP contribution in [0.5, 0.6) is 0 Å². The minimum Gasteiger partial charge on any atom is -0.389 e. The lowest BCUT2D eigenvalue weighted by Crippen LogP contribution is -2.30. The third kappa shape index (κ3) is 2.99. The summed E-state index contributed by atoms with van der Waals surface area (Å²) in [6.07, 6.45) is 2.31. The summed E-state index contributed by atoms with van der Waals surface area (Å²) >= 11 is 4.86. The molecule has 0 bridgehead atoms. The lowest BCUT2D eigenvalue weighted by Gasteiger charge is -2.27. The SMILES string of the molecule is CC(C)CN(c1ccc(C(N)=S)cc1F)C1CC1. The van der Waals surface area contributed by atoms with Gasteiger partial charge in [0.15, 0.2) is 0 Å². The highest BCUT2D eigenvalue weighted by atomic mass is 32.1. The van der Waals surface area contributed by atoms with Gasteiger partial charge in [0.1, 0.15) is 10.8 Å². The second-order valence-electron chi connectivity index (χ2n) is 5.31. The Bertz CT molecular complexity index is 455. The number of benzene rings is 1. The predicted molar refractivity (Wildman–Crippen MR) is 77.5 cm³/mol. The quantitative estimate of drug-likeness (QED) is 0.830. The Morgan fingerprint density at radius 2 is 2.17 bits per heavy atom. The number of hydrogen-bond donors (Lipinski definition) is 1. The molecule has 0 aromatic heterocycles. The van der Waals surface area contributed by atoms with E-state index in [2.05, 4.69) is 18.7 Å². The Labute approximate surface area is 113 Å². The van der Waals surface area contributed by atoms with Crippen molar-refractivity contribution in [3.05, 3.63) is 29.6 Å². The van der Waals surface area contributed by atoms with Crippen molar-refractivity contribution in [2.45, 2.75) is 32.7 Å². The maximum absolute atomic E-state index is 14.1.